The van der Waals surface area contributed by atoms with Crippen LogP contribution in [0.4, 0.5) is 0 Å². The molecule has 1 aromatic rings. The summed E-state index contributed by atoms with van der Waals surface area (Å²) in [5.41, 5.74) is -0.225. The zero-order chi connectivity index (χ0) is 9.84. The molecule has 0 atom stereocenters. The zero-order valence-electron chi connectivity index (χ0n) is 7.16. The molecule has 13 heavy (non-hydrogen) atoms. The van der Waals surface area contributed by atoms with E-state index in [1.165, 1.54) is 17.1 Å². The SMILES string of the molecule is CCC(=O)Cn1cncc(Br)c1=O. The highest BCUT2D eigenvalue weighted by Crippen LogP contribution is 1.98. The Morgan fingerprint density at radius 3 is 3.00 bits per heavy atom. The summed E-state index contributed by atoms with van der Waals surface area (Å²) in [7, 11) is 0. The van der Waals surface area contributed by atoms with Gasteiger partial charge in [0.25, 0.3) is 5.56 Å². The van der Waals surface area contributed by atoms with Gasteiger partial charge in [-0.3, -0.25) is 14.2 Å². The molecule has 0 aliphatic heterocycles. The van der Waals surface area contributed by atoms with Crippen LogP contribution in [0.25, 0.3) is 0 Å². The van der Waals surface area contributed by atoms with Crippen LogP contribution in [0.3, 0.4) is 0 Å². The Labute approximate surface area is 83.7 Å². The van der Waals surface area contributed by atoms with Crippen LogP contribution in [0.2, 0.25) is 0 Å². The molecule has 0 aliphatic rings. The Morgan fingerprint density at radius 2 is 2.38 bits per heavy atom. The highest BCUT2D eigenvalue weighted by molar-refractivity contribution is 9.10. The number of halogens is 1. The van der Waals surface area contributed by atoms with Crippen molar-refractivity contribution >= 4 is 21.7 Å². The van der Waals surface area contributed by atoms with E-state index in [4.69, 9.17) is 0 Å². The third-order valence-electron chi connectivity index (χ3n) is 1.60. The lowest BCUT2D eigenvalue weighted by molar-refractivity contribution is -0.119. The molecule has 0 spiro atoms. The molecule has 70 valence electrons. The smallest absolute Gasteiger partial charge is 0.268 e. The molecule has 1 aromatic heterocycles. The van der Waals surface area contributed by atoms with E-state index in [1.807, 2.05) is 0 Å². The molecule has 0 amide bonds. The van der Waals surface area contributed by atoms with Gasteiger partial charge in [0, 0.05) is 12.6 Å². The third-order valence-corrected chi connectivity index (χ3v) is 2.14. The molecule has 5 heteroatoms. The van der Waals surface area contributed by atoms with E-state index in [2.05, 4.69) is 20.9 Å². The van der Waals surface area contributed by atoms with Gasteiger partial charge in [-0.2, -0.15) is 0 Å². The van der Waals surface area contributed by atoms with E-state index in [9.17, 15) is 9.59 Å². The highest BCUT2D eigenvalue weighted by Gasteiger charge is 2.04. The monoisotopic (exact) mass is 244 g/mol. The third kappa shape index (κ3) is 2.48. The van der Waals surface area contributed by atoms with E-state index < -0.39 is 0 Å². The Balaban J connectivity index is 2.96. The lowest BCUT2D eigenvalue weighted by Crippen LogP contribution is -2.24. The first kappa shape index (κ1) is 10.1. The van der Waals surface area contributed by atoms with Gasteiger partial charge in [-0.1, -0.05) is 6.92 Å². The van der Waals surface area contributed by atoms with Gasteiger partial charge in [0.15, 0.2) is 5.78 Å². The van der Waals surface area contributed by atoms with Crippen LogP contribution in [-0.4, -0.2) is 15.3 Å². The standard InChI is InChI=1S/C8H9BrN2O2/c1-2-6(12)4-11-5-10-3-7(9)8(11)13/h3,5H,2,4H2,1H3. The van der Waals surface area contributed by atoms with Crippen LogP contribution in [-0.2, 0) is 11.3 Å². The number of aromatic nitrogens is 2. The quantitative estimate of drug-likeness (QED) is 0.797. The zero-order valence-corrected chi connectivity index (χ0v) is 8.74. The lowest BCUT2D eigenvalue weighted by atomic mass is 10.3. The van der Waals surface area contributed by atoms with Crippen molar-refractivity contribution in [3.63, 3.8) is 0 Å². The maximum atomic E-state index is 11.3. The molecule has 1 rings (SSSR count). The summed E-state index contributed by atoms with van der Waals surface area (Å²) in [4.78, 5) is 26.2. The lowest BCUT2D eigenvalue weighted by Gasteiger charge is -2.02. The van der Waals surface area contributed by atoms with Crippen molar-refractivity contribution < 1.29 is 4.79 Å². The molecule has 0 saturated heterocycles. The summed E-state index contributed by atoms with van der Waals surface area (Å²) < 4.78 is 1.66. The Kier molecular flexibility index (Phi) is 3.36. The first-order valence-electron chi connectivity index (χ1n) is 3.86. The minimum Gasteiger partial charge on any atom is -0.298 e. The van der Waals surface area contributed by atoms with Crippen molar-refractivity contribution in [2.24, 2.45) is 0 Å². The minimum absolute atomic E-state index is 0.0157. The number of rotatable bonds is 3. The molecule has 0 N–H and O–H groups in total. The molecule has 0 aromatic carbocycles. The number of nitrogens with zero attached hydrogens (tertiary/aromatic N) is 2. The summed E-state index contributed by atoms with van der Waals surface area (Å²) in [5, 5.41) is 0. The number of carbonyl (C=O) groups excluding carboxylic acids is 1. The fraction of sp³-hybridized carbons (Fsp3) is 0.375. The molecular formula is C8H9BrN2O2. The minimum atomic E-state index is -0.225. The molecule has 1 heterocycles. The van der Waals surface area contributed by atoms with Crippen molar-refractivity contribution in [2.45, 2.75) is 19.9 Å². The predicted octanol–water partition coefficient (Wildman–Crippen LogP) is 0.985. The molecule has 0 radical (unpaired) electrons. The van der Waals surface area contributed by atoms with Crippen LogP contribution in [0, 0.1) is 0 Å². The van der Waals surface area contributed by atoms with Crippen molar-refractivity contribution in [1.29, 1.82) is 0 Å². The molecule has 0 fully saturated rings. The van der Waals surface area contributed by atoms with Crippen LogP contribution >= 0.6 is 15.9 Å². The summed E-state index contributed by atoms with van der Waals surface area (Å²) in [5.74, 6) is 0.0157. The van der Waals surface area contributed by atoms with Gasteiger partial charge in [-0.15, -0.1) is 0 Å². The van der Waals surface area contributed by atoms with Crippen molar-refractivity contribution in [3.05, 3.63) is 27.4 Å². The fourth-order valence-corrected chi connectivity index (χ4v) is 1.18. The Bertz CT molecular complexity index is 373. The number of hydrogen-bond donors (Lipinski definition) is 0. The van der Waals surface area contributed by atoms with Gasteiger partial charge in [0.05, 0.1) is 12.9 Å². The molecule has 4 nitrogen and oxygen atoms in total. The van der Waals surface area contributed by atoms with E-state index in [0.29, 0.717) is 10.9 Å². The van der Waals surface area contributed by atoms with Crippen LogP contribution < -0.4 is 5.56 Å². The maximum absolute atomic E-state index is 11.3. The normalized spacial score (nSPS) is 10.0. The summed E-state index contributed by atoms with van der Waals surface area (Å²) >= 11 is 3.05. The van der Waals surface area contributed by atoms with Crippen LogP contribution in [0.15, 0.2) is 21.8 Å². The van der Waals surface area contributed by atoms with Gasteiger partial charge in [0.2, 0.25) is 0 Å². The van der Waals surface area contributed by atoms with E-state index in [-0.39, 0.29) is 17.9 Å². The van der Waals surface area contributed by atoms with E-state index in [0.717, 1.165) is 0 Å². The number of ketones is 1. The summed E-state index contributed by atoms with van der Waals surface area (Å²) in [6, 6.07) is 0. The highest BCUT2D eigenvalue weighted by atomic mass is 79.9. The average Bonchev–Trinajstić information content (AvgIpc) is 2.13. The first-order chi connectivity index (χ1) is 6.15. The Morgan fingerprint density at radius 1 is 1.69 bits per heavy atom. The fourth-order valence-electron chi connectivity index (χ4n) is 0.839. The predicted molar refractivity (Wildman–Crippen MR) is 51.5 cm³/mol. The number of carbonyl (C=O) groups is 1. The van der Waals surface area contributed by atoms with Gasteiger partial charge < -0.3 is 0 Å². The molecule has 0 aliphatic carbocycles. The second-order valence-corrected chi connectivity index (χ2v) is 3.42. The Hall–Kier alpha value is -0.970. The summed E-state index contributed by atoms with van der Waals surface area (Å²) in [6.07, 6.45) is 3.20. The number of hydrogen-bond acceptors (Lipinski definition) is 3. The maximum Gasteiger partial charge on any atom is 0.268 e. The molecule has 0 saturated carbocycles. The van der Waals surface area contributed by atoms with E-state index >= 15 is 0 Å². The van der Waals surface area contributed by atoms with Gasteiger partial charge in [0.1, 0.15) is 4.47 Å². The molecular weight excluding hydrogens is 236 g/mol. The molecule has 0 unspecified atom stereocenters. The van der Waals surface area contributed by atoms with Gasteiger partial charge in [-0.05, 0) is 15.9 Å². The van der Waals surface area contributed by atoms with Crippen molar-refractivity contribution in [2.75, 3.05) is 0 Å². The second-order valence-electron chi connectivity index (χ2n) is 2.57. The van der Waals surface area contributed by atoms with Crippen LogP contribution in [0.1, 0.15) is 13.3 Å². The van der Waals surface area contributed by atoms with E-state index in [1.54, 1.807) is 6.92 Å². The number of Topliss-reactive ketones (excluding diaryl/α,β-unsaturated/α-hetero) is 1. The second kappa shape index (κ2) is 4.32. The first-order valence-corrected chi connectivity index (χ1v) is 4.66. The van der Waals surface area contributed by atoms with Crippen molar-refractivity contribution in [1.82, 2.24) is 9.55 Å². The van der Waals surface area contributed by atoms with Gasteiger partial charge >= 0.3 is 0 Å². The average molecular weight is 245 g/mol. The van der Waals surface area contributed by atoms with Gasteiger partial charge in [-0.25, -0.2) is 4.98 Å². The topological polar surface area (TPSA) is 52.0 Å². The largest absolute Gasteiger partial charge is 0.298 e. The van der Waals surface area contributed by atoms with Crippen LogP contribution in [0.5, 0.6) is 0 Å². The van der Waals surface area contributed by atoms with Crippen molar-refractivity contribution in [3.8, 4) is 0 Å². The molecule has 0 bridgehead atoms. The summed E-state index contributed by atoms with van der Waals surface area (Å²) in [6.45, 7) is 1.86.